The molecule has 0 bridgehead atoms. The predicted molar refractivity (Wildman–Crippen MR) is 69.1 cm³/mol. The highest BCUT2D eigenvalue weighted by Gasteiger charge is 2.14. The fourth-order valence-electron chi connectivity index (χ4n) is 1.98. The van der Waals surface area contributed by atoms with Crippen molar-refractivity contribution in [3.8, 4) is 0 Å². The molecule has 19 heavy (non-hydrogen) atoms. The van der Waals surface area contributed by atoms with Gasteiger partial charge in [0.05, 0.1) is 6.04 Å². The van der Waals surface area contributed by atoms with E-state index in [-0.39, 0.29) is 18.0 Å². The lowest BCUT2D eigenvalue weighted by Crippen LogP contribution is -2.30. The van der Waals surface area contributed by atoms with Gasteiger partial charge in [0.2, 0.25) is 0 Å². The topological polar surface area (TPSA) is 50.9 Å². The van der Waals surface area contributed by atoms with Crippen molar-refractivity contribution < 1.29 is 8.78 Å². The highest BCUT2D eigenvalue weighted by atomic mass is 19.1. The van der Waals surface area contributed by atoms with Crippen molar-refractivity contribution in [3.63, 3.8) is 0 Å². The fourth-order valence-corrected chi connectivity index (χ4v) is 1.98. The lowest BCUT2D eigenvalue weighted by molar-refractivity contribution is 0.522. The van der Waals surface area contributed by atoms with Crippen molar-refractivity contribution >= 4 is 0 Å². The van der Waals surface area contributed by atoms with Gasteiger partial charge in [-0.1, -0.05) is 0 Å². The molecule has 0 aliphatic carbocycles. The van der Waals surface area contributed by atoms with Crippen LogP contribution in [0, 0.1) is 18.6 Å². The third kappa shape index (κ3) is 3.33. The van der Waals surface area contributed by atoms with Gasteiger partial charge in [0.1, 0.15) is 11.6 Å². The van der Waals surface area contributed by atoms with Gasteiger partial charge in [-0.25, -0.2) is 8.78 Å². The van der Waals surface area contributed by atoms with E-state index in [2.05, 4.69) is 10.4 Å². The summed E-state index contributed by atoms with van der Waals surface area (Å²) in [5.41, 5.74) is 4.65. The quantitative estimate of drug-likeness (QED) is 0.658. The normalized spacial score (nSPS) is 12.4. The van der Waals surface area contributed by atoms with E-state index < -0.39 is 11.6 Å². The van der Waals surface area contributed by atoms with E-state index in [1.165, 1.54) is 6.07 Å². The van der Waals surface area contributed by atoms with E-state index in [0.717, 1.165) is 23.4 Å². The van der Waals surface area contributed by atoms with Gasteiger partial charge in [-0.2, -0.15) is 0 Å². The van der Waals surface area contributed by atoms with Gasteiger partial charge in [0.25, 0.3) is 0 Å². The van der Waals surface area contributed by atoms with Crippen LogP contribution in [0.2, 0.25) is 0 Å². The summed E-state index contributed by atoms with van der Waals surface area (Å²) in [5, 5.41) is 0. The Labute approximate surface area is 110 Å². The molecule has 1 unspecified atom stereocenters. The van der Waals surface area contributed by atoms with Gasteiger partial charge in [0.15, 0.2) is 0 Å². The van der Waals surface area contributed by atoms with Gasteiger partial charge in [-0.15, -0.1) is 0 Å². The SMILES string of the molecule is Cc1cc(C(Cc2cc(F)ccc2F)NN)ccn1. The Hall–Kier alpha value is -1.85. The van der Waals surface area contributed by atoms with Crippen LogP contribution in [-0.4, -0.2) is 4.98 Å². The van der Waals surface area contributed by atoms with Crippen molar-refractivity contribution in [2.24, 2.45) is 5.84 Å². The Morgan fingerprint density at radius 1 is 1.26 bits per heavy atom. The van der Waals surface area contributed by atoms with Gasteiger partial charge < -0.3 is 0 Å². The molecular weight excluding hydrogens is 248 g/mol. The number of aryl methyl sites for hydroxylation is 1. The third-order valence-corrected chi connectivity index (χ3v) is 2.96. The molecule has 0 aliphatic heterocycles. The van der Waals surface area contributed by atoms with Crippen molar-refractivity contribution in [2.45, 2.75) is 19.4 Å². The van der Waals surface area contributed by atoms with E-state index in [0.29, 0.717) is 0 Å². The lowest BCUT2D eigenvalue weighted by atomic mass is 9.99. The molecule has 3 nitrogen and oxygen atoms in total. The third-order valence-electron chi connectivity index (χ3n) is 2.96. The number of halogens is 2. The summed E-state index contributed by atoms with van der Waals surface area (Å²) in [7, 11) is 0. The number of rotatable bonds is 4. The molecule has 0 aliphatic rings. The van der Waals surface area contributed by atoms with Gasteiger partial charge >= 0.3 is 0 Å². The van der Waals surface area contributed by atoms with Crippen molar-refractivity contribution in [2.75, 3.05) is 0 Å². The van der Waals surface area contributed by atoms with Crippen LogP contribution in [0.3, 0.4) is 0 Å². The zero-order valence-corrected chi connectivity index (χ0v) is 10.5. The van der Waals surface area contributed by atoms with Crippen molar-refractivity contribution in [1.82, 2.24) is 10.4 Å². The number of benzene rings is 1. The average molecular weight is 263 g/mol. The molecule has 1 aromatic carbocycles. The van der Waals surface area contributed by atoms with Crippen LogP contribution in [0.1, 0.15) is 22.9 Å². The molecule has 5 heteroatoms. The molecular formula is C14H15F2N3. The zero-order chi connectivity index (χ0) is 13.8. The molecule has 100 valence electrons. The molecule has 2 aromatic rings. The second-order valence-corrected chi connectivity index (χ2v) is 4.39. The molecule has 0 spiro atoms. The van der Waals surface area contributed by atoms with Crippen molar-refractivity contribution in [1.29, 1.82) is 0 Å². The summed E-state index contributed by atoms with van der Waals surface area (Å²) >= 11 is 0. The fraction of sp³-hybridized carbons (Fsp3) is 0.214. The van der Waals surface area contributed by atoms with E-state index >= 15 is 0 Å². The molecule has 3 N–H and O–H groups in total. The predicted octanol–water partition coefficient (Wildman–Crippen LogP) is 2.42. The Morgan fingerprint density at radius 3 is 2.74 bits per heavy atom. The van der Waals surface area contributed by atoms with Crippen LogP contribution in [0.5, 0.6) is 0 Å². The Bertz CT molecular complexity index is 572. The molecule has 0 saturated heterocycles. The maximum Gasteiger partial charge on any atom is 0.126 e. The summed E-state index contributed by atoms with van der Waals surface area (Å²) < 4.78 is 26.8. The molecule has 1 aromatic heterocycles. The number of hydrogen-bond acceptors (Lipinski definition) is 3. The highest BCUT2D eigenvalue weighted by molar-refractivity contribution is 5.25. The number of aromatic nitrogens is 1. The average Bonchev–Trinajstić information content (AvgIpc) is 2.39. The van der Waals surface area contributed by atoms with Gasteiger partial charge in [0, 0.05) is 11.9 Å². The number of nitrogens with zero attached hydrogens (tertiary/aromatic N) is 1. The maximum atomic E-state index is 13.6. The Morgan fingerprint density at radius 2 is 2.05 bits per heavy atom. The highest BCUT2D eigenvalue weighted by Crippen LogP contribution is 2.20. The Balaban J connectivity index is 2.26. The first-order chi connectivity index (χ1) is 9.10. The molecule has 0 radical (unpaired) electrons. The molecule has 2 rings (SSSR count). The standard InChI is InChI=1S/C14H15F2N3/c1-9-6-10(4-5-18-9)14(19-17)8-11-7-12(15)2-3-13(11)16/h2-7,14,19H,8,17H2,1H3. The molecule has 0 saturated carbocycles. The van der Waals surface area contributed by atoms with Crippen LogP contribution in [0.25, 0.3) is 0 Å². The molecule has 1 heterocycles. The number of hydrogen-bond donors (Lipinski definition) is 2. The first-order valence-corrected chi connectivity index (χ1v) is 5.92. The second-order valence-electron chi connectivity index (χ2n) is 4.39. The molecule has 0 amide bonds. The van der Waals surface area contributed by atoms with E-state index in [1.54, 1.807) is 12.3 Å². The zero-order valence-electron chi connectivity index (χ0n) is 10.5. The molecule has 0 fully saturated rings. The van der Waals surface area contributed by atoms with E-state index in [9.17, 15) is 8.78 Å². The van der Waals surface area contributed by atoms with Crippen LogP contribution in [0.15, 0.2) is 36.5 Å². The van der Waals surface area contributed by atoms with Crippen molar-refractivity contribution in [3.05, 3.63) is 65.0 Å². The summed E-state index contributed by atoms with van der Waals surface area (Å²) in [4.78, 5) is 4.09. The van der Waals surface area contributed by atoms with Gasteiger partial charge in [-0.3, -0.25) is 16.3 Å². The van der Waals surface area contributed by atoms with E-state index in [4.69, 9.17) is 5.84 Å². The molecule has 1 atom stereocenters. The minimum absolute atomic E-state index is 0.267. The number of nitrogens with one attached hydrogen (secondary N) is 1. The van der Waals surface area contributed by atoms with Crippen LogP contribution < -0.4 is 11.3 Å². The van der Waals surface area contributed by atoms with Gasteiger partial charge in [-0.05, 0) is 54.8 Å². The van der Waals surface area contributed by atoms with Crippen LogP contribution in [-0.2, 0) is 6.42 Å². The second kappa shape index (κ2) is 5.86. The Kier molecular flexibility index (Phi) is 4.19. The largest absolute Gasteiger partial charge is 0.271 e. The summed E-state index contributed by atoms with van der Waals surface area (Å²) in [6.45, 7) is 1.86. The minimum atomic E-state index is -0.460. The maximum absolute atomic E-state index is 13.6. The smallest absolute Gasteiger partial charge is 0.126 e. The number of nitrogens with two attached hydrogens (primary N) is 1. The summed E-state index contributed by atoms with van der Waals surface area (Å²) in [6, 6.07) is 6.78. The monoisotopic (exact) mass is 263 g/mol. The number of pyridine rings is 1. The summed E-state index contributed by atoms with van der Waals surface area (Å²) in [5.74, 6) is 4.61. The number of hydrazine groups is 1. The van der Waals surface area contributed by atoms with E-state index in [1.807, 2.05) is 13.0 Å². The summed E-state index contributed by atoms with van der Waals surface area (Å²) in [6.07, 6.45) is 1.93. The van der Waals surface area contributed by atoms with Crippen LogP contribution >= 0.6 is 0 Å². The lowest BCUT2D eigenvalue weighted by Gasteiger charge is -2.17. The van der Waals surface area contributed by atoms with Crippen LogP contribution in [0.4, 0.5) is 8.78 Å². The minimum Gasteiger partial charge on any atom is -0.271 e. The first kappa shape index (κ1) is 13.6. The first-order valence-electron chi connectivity index (χ1n) is 5.92.